The largest absolute Gasteiger partial charge is 0.322 e. The molecule has 0 aliphatic carbocycles. The van der Waals surface area contributed by atoms with Gasteiger partial charge >= 0.3 is 6.03 Å². The molecule has 1 heterocycles. The minimum atomic E-state index is -0.504. The van der Waals surface area contributed by atoms with Gasteiger partial charge in [0.2, 0.25) is 5.91 Å². The van der Waals surface area contributed by atoms with Gasteiger partial charge in [0.25, 0.3) is 0 Å². The van der Waals surface area contributed by atoms with E-state index in [0.717, 1.165) is 22.5 Å². The summed E-state index contributed by atoms with van der Waals surface area (Å²) in [7, 11) is 0. The smallest absolute Gasteiger partial charge is 0.311 e. The fraction of sp³-hybridized carbons (Fsp3) is 0.333. The lowest BCUT2D eigenvalue weighted by atomic mass is 10.1. The number of hydrogen-bond acceptors (Lipinski definition) is 2. The van der Waals surface area contributed by atoms with E-state index in [2.05, 4.69) is 12.2 Å². The highest BCUT2D eigenvalue weighted by molar-refractivity contribution is 6.01. The molecule has 3 amide bonds. The van der Waals surface area contributed by atoms with Crippen LogP contribution in [0.2, 0.25) is 0 Å². The molecule has 1 atom stereocenters. The van der Waals surface area contributed by atoms with Crippen molar-refractivity contribution in [1.29, 1.82) is 0 Å². The fourth-order valence-corrected chi connectivity index (χ4v) is 3.13. The molecule has 1 unspecified atom stereocenters. The van der Waals surface area contributed by atoms with E-state index in [1.54, 1.807) is 16.7 Å². The predicted octanol–water partition coefficient (Wildman–Crippen LogP) is 3.88. The van der Waals surface area contributed by atoms with Crippen LogP contribution in [0.5, 0.6) is 0 Å². The maximum atomic E-state index is 12.8. The Morgan fingerprint density at radius 2 is 1.69 bits per heavy atom. The second-order valence-electron chi connectivity index (χ2n) is 6.92. The molecule has 2 aromatic rings. The highest BCUT2D eigenvalue weighted by Gasteiger charge is 2.35. The molecule has 5 heteroatoms. The summed E-state index contributed by atoms with van der Waals surface area (Å²) in [6.45, 7) is 8.86. The number of aryl methyl sites for hydroxylation is 3. The third-order valence-electron chi connectivity index (χ3n) is 5.02. The number of benzene rings is 2. The van der Waals surface area contributed by atoms with Crippen LogP contribution < -0.4 is 10.2 Å². The number of anilines is 2. The summed E-state index contributed by atoms with van der Waals surface area (Å²) in [5.41, 5.74) is 5.11. The van der Waals surface area contributed by atoms with E-state index < -0.39 is 6.04 Å². The molecule has 1 saturated heterocycles. The number of hydrogen-bond donors (Lipinski definition) is 1. The Bertz CT molecular complexity index is 830. The molecule has 26 heavy (non-hydrogen) atoms. The third-order valence-corrected chi connectivity index (χ3v) is 5.02. The molecule has 5 nitrogen and oxygen atoms in total. The zero-order valence-corrected chi connectivity index (χ0v) is 15.7. The van der Waals surface area contributed by atoms with E-state index in [0.29, 0.717) is 13.1 Å². The average molecular weight is 351 g/mol. The second-order valence-corrected chi connectivity index (χ2v) is 6.92. The number of nitrogens with zero attached hydrogens (tertiary/aromatic N) is 2. The number of carbonyl (C=O) groups is 2. The zero-order valence-electron chi connectivity index (χ0n) is 15.7. The molecule has 0 radical (unpaired) electrons. The summed E-state index contributed by atoms with van der Waals surface area (Å²) >= 11 is 0. The van der Waals surface area contributed by atoms with E-state index in [-0.39, 0.29) is 11.9 Å². The molecule has 0 spiro atoms. The lowest BCUT2D eigenvalue weighted by molar-refractivity contribution is -0.123. The SMILES string of the molecule is Cc1ccc(NC(=O)N2CCN(c3ccc(C)c(C)c3)C(=O)C2C)cc1. The molecule has 2 aromatic carbocycles. The molecule has 1 N–H and O–H groups in total. The quantitative estimate of drug-likeness (QED) is 0.893. The van der Waals surface area contributed by atoms with Gasteiger partial charge in [-0.25, -0.2) is 4.79 Å². The van der Waals surface area contributed by atoms with Crippen molar-refractivity contribution < 1.29 is 9.59 Å². The van der Waals surface area contributed by atoms with Gasteiger partial charge in [0.1, 0.15) is 6.04 Å². The topological polar surface area (TPSA) is 52.7 Å². The number of rotatable bonds is 2. The van der Waals surface area contributed by atoms with Gasteiger partial charge in [0.05, 0.1) is 0 Å². The van der Waals surface area contributed by atoms with E-state index in [9.17, 15) is 9.59 Å². The lowest BCUT2D eigenvalue weighted by Crippen LogP contribution is -2.58. The highest BCUT2D eigenvalue weighted by atomic mass is 16.2. The van der Waals surface area contributed by atoms with Crippen LogP contribution in [0.1, 0.15) is 23.6 Å². The summed E-state index contributed by atoms with van der Waals surface area (Å²) < 4.78 is 0. The third kappa shape index (κ3) is 3.57. The van der Waals surface area contributed by atoms with Gasteiger partial charge in [0, 0.05) is 24.5 Å². The Balaban J connectivity index is 1.71. The van der Waals surface area contributed by atoms with Gasteiger partial charge in [-0.15, -0.1) is 0 Å². The van der Waals surface area contributed by atoms with Crippen LogP contribution >= 0.6 is 0 Å². The monoisotopic (exact) mass is 351 g/mol. The molecule has 0 aromatic heterocycles. The fourth-order valence-electron chi connectivity index (χ4n) is 3.13. The zero-order chi connectivity index (χ0) is 18.8. The van der Waals surface area contributed by atoms with Crippen LogP contribution in [0, 0.1) is 20.8 Å². The Labute approximate surface area is 154 Å². The van der Waals surface area contributed by atoms with Crippen molar-refractivity contribution in [2.24, 2.45) is 0 Å². The minimum Gasteiger partial charge on any atom is -0.311 e. The molecular formula is C21H25N3O2. The van der Waals surface area contributed by atoms with E-state index in [1.165, 1.54) is 5.56 Å². The predicted molar refractivity (Wildman–Crippen MR) is 105 cm³/mol. The standard InChI is InChI=1S/C21H25N3O2/c1-14-5-8-18(9-6-14)22-21(26)23-11-12-24(20(25)17(23)4)19-10-7-15(2)16(3)13-19/h5-10,13,17H,11-12H2,1-4H3,(H,22,26). The van der Waals surface area contributed by atoms with Crippen LogP contribution in [0.3, 0.4) is 0 Å². The molecule has 0 saturated carbocycles. The average Bonchev–Trinajstić information content (AvgIpc) is 2.61. The van der Waals surface area contributed by atoms with Crippen LogP contribution in [0.25, 0.3) is 0 Å². The minimum absolute atomic E-state index is 0.0569. The van der Waals surface area contributed by atoms with Crippen LogP contribution in [-0.2, 0) is 4.79 Å². The lowest BCUT2D eigenvalue weighted by Gasteiger charge is -2.39. The molecule has 3 rings (SSSR count). The summed E-state index contributed by atoms with van der Waals surface area (Å²) in [5.74, 6) is -0.0569. The van der Waals surface area contributed by atoms with Gasteiger partial charge in [-0.3, -0.25) is 4.79 Å². The normalized spacial score (nSPS) is 17.4. The van der Waals surface area contributed by atoms with Crippen molar-refractivity contribution in [3.05, 3.63) is 59.2 Å². The molecule has 1 aliphatic rings. The van der Waals surface area contributed by atoms with Gasteiger partial charge in [-0.2, -0.15) is 0 Å². The van der Waals surface area contributed by atoms with Gasteiger partial charge in [-0.05, 0) is 63.1 Å². The molecule has 136 valence electrons. The van der Waals surface area contributed by atoms with Crippen molar-refractivity contribution in [3.8, 4) is 0 Å². The maximum Gasteiger partial charge on any atom is 0.322 e. The van der Waals surface area contributed by atoms with Gasteiger partial charge < -0.3 is 15.1 Å². The Hall–Kier alpha value is -2.82. The summed E-state index contributed by atoms with van der Waals surface area (Å²) in [6, 6.07) is 12.9. The number of carbonyl (C=O) groups excluding carboxylic acids is 2. The molecule has 0 bridgehead atoms. The number of nitrogens with one attached hydrogen (secondary N) is 1. The Morgan fingerprint density at radius 3 is 2.35 bits per heavy atom. The Morgan fingerprint density at radius 1 is 1.00 bits per heavy atom. The van der Waals surface area contributed by atoms with E-state index in [1.807, 2.05) is 56.3 Å². The van der Waals surface area contributed by atoms with E-state index in [4.69, 9.17) is 0 Å². The molecule has 1 fully saturated rings. The second kappa shape index (κ2) is 7.20. The summed E-state index contributed by atoms with van der Waals surface area (Å²) in [5, 5.41) is 2.88. The first kappa shape index (κ1) is 18.0. The van der Waals surface area contributed by atoms with E-state index >= 15 is 0 Å². The number of piperazine rings is 1. The first-order valence-corrected chi connectivity index (χ1v) is 8.90. The molecule has 1 aliphatic heterocycles. The highest BCUT2D eigenvalue weighted by Crippen LogP contribution is 2.23. The summed E-state index contributed by atoms with van der Waals surface area (Å²) in [4.78, 5) is 28.8. The van der Waals surface area contributed by atoms with Crippen molar-refractivity contribution in [2.45, 2.75) is 33.7 Å². The summed E-state index contributed by atoms with van der Waals surface area (Å²) in [6.07, 6.45) is 0. The maximum absolute atomic E-state index is 12.8. The van der Waals surface area contributed by atoms with Gasteiger partial charge in [0.15, 0.2) is 0 Å². The Kier molecular flexibility index (Phi) is 4.98. The number of amides is 3. The van der Waals surface area contributed by atoms with Crippen LogP contribution in [0.4, 0.5) is 16.2 Å². The van der Waals surface area contributed by atoms with Crippen molar-refractivity contribution >= 4 is 23.3 Å². The van der Waals surface area contributed by atoms with Crippen LogP contribution in [0.15, 0.2) is 42.5 Å². The first-order chi connectivity index (χ1) is 12.4. The van der Waals surface area contributed by atoms with Crippen molar-refractivity contribution in [1.82, 2.24) is 4.90 Å². The van der Waals surface area contributed by atoms with Crippen LogP contribution in [-0.4, -0.2) is 36.0 Å². The first-order valence-electron chi connectivity index (χ1n) is 8.90. The molecular weight excluding hydrogens is 326 g/mol. The number of urea groups is 1. The van der Waals surface area contributed by atoms with Crippen molar-refractivity contribution in [3.63, 3.8) is 0 Å². The van der Waals surface area contributed by atoms with Gasteiger partial charge in [-0.1, -0.05) is 23.8 Å². The van der Waals surface area contributed by atoms with Crippen molar-refractivity contribution in [2.75, 3.05) is 23.3 Å².